The molecule has 2 spiro atoms. The van der Waals surface area contributed by atoms with Crippen molar-refractivity contribution >= 4 is 33.2 Å². The zero-order valence-corrected chi connectivity index (χ0v) is 25.3. The average Bonchev–Trinajstić information content (AvgIpc) is 3.06. The van der Waals surface area contributed by atoms with Crippen molar-refractivity contribution in [2.24, 2.45) is 11.3 Å². The molecule has 2 aliphatic carbocycles. The highest BCUT2D eigenvalue weighted by Gasteiger charge is 2.46. The fraction of sp³-hybridized carbons (Fsp3) is 0.531. The smallest absolute Gasteiger partial charge is 0.264 e. The Kier molecular flexibility index (Phi) is 7.40. The number of hydrogen-bond acceptors (Lipinski definition) is 6. The lowest BCUT2D eigenvalue weighted by atomic mass is 9.64. The number of sulfonamides is 1. The maximum absolute atomic E-state index is 13.3. The van der Waals surface area contributed by atoms with Crippen molar-refractivity contribution in [3.8, 4) is 5.75 Å². The first-order valence-electron chi connectivity index (χ1n) is 14.7. The molecule has 2 bridgehead atoms. The molecule has 2 unspecified atom stereocenters. The predicted molar refractivity (Wildman–Crippen MR) is 161 cm³/mol. The van der Waals surface area contributed by atoms with E-state index in [0.717, 1.165) is 49.2 Å². The molecule has 1 amide bonds. The van der Waals surface area contributed by atoms with Gasteiger partial charge in [0.05, 0.1) is 23.6 Å². The number of benzene rings is 2. The number of hydrogen-bond donors (Lipinski definition) is 2. The van der Waals surface area contributed by atoms with E-state index in [-0.39, 0.29) is 22.3 Å². The van der Waals surface area contributed by atoms with Crippen molar-refractivity contribution < 1.29 is 23.1 Å². The molecular weight excluding hydrogens is 560 g/mol. The molecule has 41 heavy (non-hydrogen) atoms. The SMILES string of the molecule is C[C@@H]1/C=C/C(O)CC2(CCC2)CN2CC3(CCCc4cc(Cl)ccc43)COc3ccc(cc32)C(=O)NS(=O)(=O)[C@@H]1C. The van der Waals surface area contributed by atoms with Crippen molar-refractivity contribution in [2.75, 3.05) is 24.6 Å². The Morgan fingerprint density at radius 3 is 2.61 bits per heavy atom. The number of aliphatic hydroxyl groups is 1. The van der Waals surface area contributed by atoms with Gasteiger partial charge in [-0.15, -0.1) is 0 Å². The van der Waals surface area contributed by atoms with Gasteiger partial charge in [0.2, 0.25) is 10.0 Å². The number of aryl methyl sites for hydroxylation is 1. The molecule has 4 aliphatic rings. The largest absolute Gasteiger partial charge is 0.490 e. The van der Waals surface area contributed by atoms with E-state index in [1.807, 2.05) is 6.07 Å². The van der Waals surface area contributed by atoms with Crippen LogP contribution in [0.3, 0.4) is 0 Å². The standard InChI is InChI=1S/C32H39ClN2O5S/c1-21-6-9-26(36)17-31(12-4-13-31)18-35-19-32(14-3-5-23-15-25(33)8-10-27(23)32)20-40-29-11-7-24(16-28(29)35)30(37)34-41(38,39)22(21)2/h6-11,15-16,21-22,26,36H,3-5,12-14,17-20H2,1-2H3,(H,34,37)/b9-6+/t21-,22-,26?,32?/m1/s1. The van der Waals surface area contributed by atoms with Crippen molar-refractivity contribution in [1.29, 1.82) is 0 Å². The maximum atomic E-state index is 13.3. The number of carbonyl (C=O) groups is 1. The van der Waals surface area contributed by atoms with Crippen LogP contribution in [-0.4, -0.2) is 50.5 Å². The number of allylic oxidation sites excluding steroid dienone is 1. The Morgan fingerprint density at radius 1 is 1.05 bits per heavy atom. The van der Waals surface area contributed by atoms with E-state index in [2.05, 4.69) is 21.8 Å². The molecule has 0 saturated heterocycles. The molecule has 2 aromatic rings. The summed E-state index contributed by atoms with van der Waals surface area (Å²) in [5.41, 5.74) is 3.23. The monoisotopic (exact) mass is 598 g/mol. The third-order valence-electron chi connectivity index (χ3n) is 9.98. The zero-order chi connectivity index (χ0) is 29.0. The number of ether oxygens (including phenoxy) is 1. The quantitative estimate of drug-likeness (QED) is 0.395. The minimum atomic E-state index is -3.95. The van der Waals surface area contributed by atoms with Crippen molar-refractivity contribution in [3.63, 3.8) is 0 Å². The lowest BCUT2D eigenvalue weighted by Crippen LogP contribution is -2.50. The van der Waals surface area contributed by atoms with E-state index in [0.29, 0.717) is 31.9 Å². The van der Waals surface area contributed by atoms with Gasteiger partial charge in [0.1, 0.15) is 5.75 Å². The van der Waals surface area contributed by atoms with Gasteiger partial charge in [0.15, 0.2) is 0 Å². The maximum Gasteiger partial charge on any atom is 0.264 e. The first-order valence-corrected chi connectivity index (χ1v) is 16.6. The minimum Gasteiger partial charge on any atom is -0.490 e. The van der Waals surface area contributed by atoms with Crippen LogP contribution in [0.4, 0.5) is 5.69 Å². The number of fused-ring (bicyclic) bond motifs is 3. The molecule has 9 heteroatoms. The summed E-state index contributed by atoms with van der Waals surface area (Å²) in [5.74, 6) is -0.352. The van der Waals surface area contributed by atoms with Gasteiger partial charge in [0.25, 0.3) is 5.91 Å². The van der Waals surface area contributed by atoms with Gasteiger partial charge in [-0.25, -0.2) is 13.1 Å². The lowest BCUT2D eigenvalue weighted by Gasteiger charge is -2.48. The number of anilines is 1. The van der Waals surface area contributed by atoms with E-state index in [9.17, 15) is 18.3 Å². The van der Waals surface area contributed by atoms with Gasteiger partial charge < -0.3 is 14.7 Å². The summed E-state index contributed by atoms with van der Waals surface area (Å²) in [7, 11) is -3.95. The van der Waals surface area contributed by atoms with Crippen molar-refractivity contribution in [3.05, 3.63) is 70.3 Å². The number of halogens is 1. The van der Waals surface area contributed by atoms with Gasteiger partial charge in [-0.3, -0.25) is 4.79 Å². The minimum absolute atomic E-state index is 0.0938. The van der Waals surface area contributed by atoms with Crippen LogP contribution in [0.2, 0.25) is 5.02 Å². The van der Waals surface area contributed by atoms with Crippen LogP contribution >= 0.6 is 11.6 Å². The molecule has 2 aromatic carbocycles. The van der Waals surface area contributed by atoms with Gasteiger partial charge in [-0.2, -0.15) is 0 Å². The first kappa shape index (κ1) is 28.6. The average molecular weight is 599 g/mol. The summed E-state index contributed by atoms with van der Waals surface area (Å²) in [4.78, 5) is 15.7. The van der Waals surface area contributed by atoms with Gasteiger partial charge in [-0.1, -0.05) is 43.2 Å². The number of rotatable bonds is 0. The molecule has 0 radical (unpaired) electrons. The zero-order valence-electron chi connectivity index (χ0n) is 23.7. The normalized spacial score (nSPS) is 31.5. The lowest BCUT2D eigenvalue weighted by molar-refractivity contribution is 0.0649. The second-order valence-corrected chi connectivity index (χ2v) is 15.3. The van der Waals surface area contributed by atoms with E-state index in [1.54, 1.807) is 44.2 Å². The third-order valence-corrected chi connectivity index (χ3v) is 12.1. The van der Waals surface area contributed by atoms with E-state index >= 15 is 0 Å². The summed E-state index contributed by atoms with van der Waals surface area (Å²) in [6, 6.07) is 11.4. The Bertz CT molecular complexity index is 1490. The molecule has 2 aliphatic heterocycles. The Labute approximate surface area is 248 Å². The van der Waals surface area contributed by atoms with Crippen LogP contribution in [0.5, 0.6) is 5.75 Å². The van der Waals surface area contributed by atoms with Gasteiger partial charge >= 0.3 is 0 Å². The van der Waals surface area contributed by atoms with Gasteiger partial charge in [-0.05, 0) is 98.2 Å². The summed E-state index contributed by atoms with van der Waals surface area (Å²) in [6.45, 7) is 5.29. The third kappa shape index (κ3) is 5.39. The second-order valence-electron chi connectivity index (χ2n) is 12.8. The van der Waals surface area contributed by atoms with E-state index in [1.165, 1.54) is 11.1 Å². The second kappa shape index (κ2) is 10.6. The molecule has 220 valence electrons. The van der Waals surface area contributed by atoms with Crippen LogP contribution in [0.25, 0.3) is 0 Å². The van der Waals surface area contributed by atoms with Crippen LogP contribution in [0.15, 0.2) is 48.6 Å². The molecule has 2 N–H and O–H groups in total. The Balaban J connectivity index is 1.46. The number of nitrogens with one attached hydrogen (secondary N) is 1. The van der Waals surface area contributed by atoms with Gasteiger partial charge in [0, 0.05) is 29.1 Å². The number of amides is 1. The fourth-order valence-electron chi connectivity index (χ4n) is 7.28. The Morgan fingerprint density at radius 2 is 1.85 bits per heavy atom. The molecule has 7 nitrogen and oxygen atoms in total. The molecule has 4 atom stereocenters. The summed E-state index contributed by atoms with van der Waals surface area (Å²) < 4.78 is 35.1. The molecule has 0 aromatic heterocycles. The summed E-state index contributed by atoms with van der Waals surface area (Å²) >= 11 is 6.39. The topological polar surface area (TPSA) is 95.9 Å². The summed E-state index contributed by atoms with van der Waals surface area (Å²) in [5, 5.41) is 11.0. The molecule has 1 saturated carbocycles. The van der Waals surface area contributed by atoms with Crippen molar-refractivity contribution in [2.45, 2.75) is 75.6 Å². The highest BCUT2D eigenvalue weighted by Crippen LogP contribution is 2.50. The molecule has 6 rings (SSSR count). The highest BCUT2D eigenvalue weighted by molar-refractivity contribution is 7.90. The molecule has 1 fully saturated rings. The number of nitrogens with zero attached hydrogens (tertiary/aromatic N) is 1. The predicted octanol–water partition coefficient (Wildman–Crippen LogP) is 5.39. The first-order chi connectivity index (χ1) is 19.5. The van der Waals surface area contributed by atoms with Crippen LogP contribution < -0.4 is 14.4 Å². The van der Waals surface area contributed by atoms with Crippen LogP contribution in [0.1, 0.15) is 73.9 Å². The molecule has 2 heterocycles. The highest BCUT2D eigenvalue weighted by atomic mass is 35.5. The molecular formula is C32H39ClN2O5S. The van der Waals surface area contributed by atoms with E-state index < -0.39 is 27.3 Å². The summed E-state index contributed by atoms with van der Waals surface area (Å²) in [6.07, 6.45) is 9.49. The van der Waals surface area contributed by atoms with Crippen molar-refractivity contribution in [1.82, 2.24) is 4.72 Å². The Hall–Kier alpha value is -2.55. The van der Waals surface area contributed by atoms with Crippen LogP contribution in [-0.2, 0) is 21.9 Å². The number of carbonyl (C=O) groups excluding carboxylic acids is 1. The number of aliphatic hydroxyl groups excluding tert-OH is 1. The fourth-order valence-corrected chi connectivity index (χ4v) is 8.69. The van der Waals surface area contributed by atoms with E-state index in [4.69, 9.17) is 16.3 Å². The van der Waals surface area contributed by atoms with Crippen LogP contribution in [0, 0.1) is 11.3 Å².